The van der Waals surface area contributed by atoms with Crippen LogP contribution in [-0.4, -0.2) is 36.3 Å². The van der Waals surface area contributed by atoms with Crippen molar-refractivity contribution in [3.05, 3.63) is 83.3 Å². The van der Waals surface area contributed by atoms with Gasteiger partial charge >= 0.3 is 11.8 Å². The second-order valence-electron chi connectivity index (χ2n) is 8.18. The molecule has 5 heterocycles. The Labute approximate surface area is 199 Å². The number of aromatic nitrogens is 4. The zero-order chi connectivity index (χ0) is 24.5. The Morgan fingerprint density at radius 1 is 1.20 bits per heavy atom. The molecule has 35 heavy (non-hydrogen) atoms. The van der Waals surface area contributed by atoms with Crippen LogP contribution in [0.2, 0.25) is 0 Å². The van der Waals surface area contributed by atoms with Gasteiger partial charge in [0.1, 0.15) is 11.6 Å². The van der Waals surface area contributed by atoms with Crippen LogP contribution in [-0.2, 0) is 34.1 Å². The molecule has 1 aliphatic heterocycles. The number of hydrogen-bond donors (Lipinski definition) is 2. The smallest absolute Gasteiger partial charge is 0.313 e. The second-order valence-corrected chi connectivity index (χ2v) is 8.18. The molecule has 0 saturated heterocycles. The van der Waals surface area contributed by atoms with Gasteiger partial charge in [0.25, 0.3) is 0 Å². The minimum atomic E-state index is -0.894. The summed E-state index contributed by atoms with van der Waals surface area (Å²) in [5.74, 6) is -2.00. The summed E-state index contributed by atoms with van der Waals surface area (Å²) in [6.45, 7) is 2.18. The first-order valence-electron chi connectivity index (χ1n) is 10.9. The highest BCUT2D eigenvalue weighted by Gasteiger charge is 2.31. The Kier molecular flexibility index (Phi) is 5.83. The number of ether oxygens (including phenoxy) is 1. The molecule has 178 valence electrons. The van der Waals surface area contributed by atoms with Crippen LogP contribution in [0.5, 0.6) is 0 Å². The summed E-state index contributed by atoms with van der Waals surface area (Å²) < 4.78 is 21.6. The molecular formula is C24H22FN7O3. The van der Waals surface area contributed by atoms with Crippen molar-refractivity contribution in [2.24, 2.45) is 0 Å². The highest BCUT2D eigenvalue weighted by Crippen LogP contribution is 2.30. The molecule has 2 amide bonds. The molecule has 0 fully saturated rings. The van der Waals surface area contributed by atoms with Crippen molar-refractivity contribution in [3.8, 4) is 0 Å². The Hall–Kier alpha value is -4.38. The molecule has 0 bridgehead atoms. The van der Waals surface area contributed by atoms with Crippen molar-refractivity contribution in [2.45, 2.75) is 32.7 Å². The molecule has 3 N–H and O–H groups in total. The van der Waals surface area contributed by atoms with Gasteiger partial charge in [0.15, 0.2) is 0 Å². The average molecular weight is 475 g/mol. The average Bonchev–Trinajstić information content (AvgIpc) is 3.54. The highest BCUT2D eigenvalue weighted by atomic mass is 19.1. The van der Waals surface area contributed by atoms with E-state index in [1.807, 2.05) is 18.2 Å². The van der Waals surface area contributed by atoms with Crippen molar-refractivity contribution < 1.29 is 18.7 Å². The van der Waals surface area contributed by atoms with Gasteiger partial charge in [-0.3, -0.25) is 14.6 Å². The predicted molar refractivity (Wildman–Crippen MR) is 124 cm³/mol. The van der Waals surface area contributed by atoms with Gasteiger partial charge in [-0.1, -0.05) is 6.07 Å². The number of anilines is 2. The van der Waals surface area contributed by atoms with Crippen LogP contribution in [0.15, 0.2) is 55.1 Å². The lowest BCUT2D eigenvalue weighted by Crippen LogP contribution is -2.41. The molecule has 0 saturated carbocycles. The number of nitrogens with zero attached hydrogens (tertiary/aromatic N) is 5. The number of rotatable bonds is 5. The van der Waals surface area contributed by atoms with E-state index < -0.39 is 23.7 Å². The maximum Gasteiger partial charge on any atom is 0.313 e. The predicted octanol–water partition coefficient (Wildman–Crippen LogP) is 2.60. The molecule has 1 unspecified atom stereocenters. The first kappa shape index (κ1) is 22.4. The van der Waals surface area contributed by atoms with Crippen LogP contribution >= 0.6 is 0 Å². The molecule has 1 aliphatic rings. The van der Waals surface area contributed by atoms with Crippen molar-refractivity contribution in [3.63, 3.8) is 0 Å². The van der Waals surface area contributed by atoms with Crippen LogP contribution in [0.3, 0.4) is 0 Å². The molecule has 1 atom stereocenters. The third kappa shape index (κ3) is 4.28. The Morgan fingerprint density at radius 3 is 2.86 bits per heavy atom. The van der Waals surface area contributed by atoms with Crippen molar-refractivity contribution >= 4 is 28.8 Å². The number of carbonyl (C=O) groups is 2. The maximum atomic E-state index is 14.6. The highest BCUT2D eigenvalue weighted by molar-refractivity contribution is 6.39. The lowest BCUT2D eigenvalue weighted by atomic mass is 10.1. The van der Waals surface area contributed by atoms with E-state index in [-0.39, 0.29) is 25.5 Å². The summed E-state index contributed by atoms with van der Waals surface area (Å²) in [5.41, 5.74) is 9.23. The SMILES string of the molecule is CC(c1ncccc1F)N(Cc1ccc2ccnn2c1)C(=O)C(=O)Nc1cnc(N)c2c1COC2. The summed E-state index contributed by atoms with van der Waals surface area (Å²) in [6.07, 6.45) is 6.25. The molecule has 4 aromatic rings. The fourth-order valence-corrected chi connectivity index (χ4v) is 4.09. The number of pyridine rings is 3. The Morgan fingerprint density at radius 2 is 2.03 bits per heavy atom. The fraction of sp³-hybridized carbons (Fsp3) is 0.208. The summed E-state index contributed by atoms with van der Waals surface area (Å²) in [5, 5.41) is 6.83. The van der Waals surface area contributed by atoms with Crippen molar-refractivity contribution in [1.29, 1.82) is 0 Å². The number of hydrogen-bond acceptors (Lipinski definition) is 7. The normalized spacial score (nSPS) is 13.4. The number of fused-ring (bicyclic) bond motifs is 2. The van der Waals surface area contributed by atoms with Gasteiger partial charge in [-0.25, -0.2) is 13.9 Å². The van der Waals surface area contributed by atoms with E-state index in [2.05, 4.69) is 20.4 Å². The zero-order valence-corrected chi connectivity index (χ0v) is 18.8. The minimum absolute atomic E-state index is 0.0282. The standard InChI is InChI=1S/C24H22FN7O3/c1-14(21-19(25)3-2-7-27-21)31(10-15-4-5-16-6-8-29-32(16)11-15)24(34)23(33)30-20-9-28-22(26)18-13-35-12-17(18)20/h2-9,11,14H,10,12-13H2,1H3,(H2,26,28)(H,30,33). The molecule has 0 aliphatic carbocycles. The van der Waals surface area contributed by atoms with Gasteiger partial charge in [0, 0.05) is 36.3 Å². The van der Waals surface area contributed by atoms with E-state index in [0.29, 0.717) is 28.2 Å². The minimum Gasteiger partial charge on any atom is -0.383 e. The van der Waals surface area contributed by atoms with Crippen molar-refractivity contribution in [1.82, 2.24) is 24.5 Å². The van der Waals surface area contributed by atoms with Gasteiger partial charge in [0.05, 0.1) is 42.4 Å². The molecule has 5 rings (SSSR count). The summed E-state index contributed by atoms with van der Waals surface area (Å²) in [4.78, 5) is 36.0. The van der Waals surface area contributed by atoms with Crippen LogP contribution in [0.25, 0.3) is 5.52 Å². The van der Waals surface area contributed by atoms with E-state index in [1.165, 1.54) is 29.4 Å². The van der Waals surface area contributed by atoms with Gasteiger partial charge in [-0.15, -0.1) is 0 Å². The number of carbonyl (C=O) groups excluding carboxylic acids is 2. The molecular weight excluding hydrogens is 453 g/mol. The number of nitrogen functional groups attached to an aromatic ring is 1. The summed E-state index contributed by atoms with van der Waals surface area (Å²) in [7, 11) is 0. The molecule has 0 aromatic carbocycles. The van der Waals surface area contributed by atoms with Crippen LogP contribution in [0.1, 0.15) is 35.3 Å². The van der Waals surface area contributed by atoms with Gasteiger partial charge in [-0.2, -0.15) is 5.10 Å². The van der Waals surface area contributed by atoms with Crippen LogP contribution in [0.4, 0.5) is 15.9 Å². The Bertz CT molecular complexity index is 1440. The van der Waals surface area contributed by atoms with E-state index >= 15 is 0 Å². The van der Waals surface area contributed by atoms with Gasteiger partial charge in [0.2, 0.25) is 0 Å². The molecule has 10 nitrogen and oxygen atoms in total. The maximum absolute atomic E-state index is 14.6. The second kappa shape index (κ2) is 9.11. The third-order valence-electron chi connectivity index (χ3n) is 5.99. The zero-order valence-electron chi connectivity index (χ0n) is 18.8. The van der Waals surface area contributed by atoms with E-state index in [0.717, 1.165) is 5.52 Å². The molecule has 0 radical (unpaired) electrons. The van der Waals surface area contributed by atoms with E-state index in [4.69, 9.17) is 10.5 Å². The van der Waals surface area contributed by atoms with Crippen LogP contribution < -0.4 is 11.1 Å². The topological polar surface area (TPSA) is 128 Å². The van der Waals surface area contributed by atoms with Gasteiger partial charge in [-0.05, 0) is 36.8 Å². The number of amides is 2. The third-order valence-corrected chi connectivity index (χ3v) is 5.99. The largest absolute Gasteiger partial charge is 0.383 e. The monoisotopic (exact) mass is 475 g/mol. The van der Waals surface area contributed by atoms with Crippen molar-refractivity contribution in [2.75, 3.05) is 11.1 Å². The van der Waals surface area contributed by atoms with Crippen LogP contribution in [0, 0.1) is 5.82 Å². The fourth-order valence-electron chi connectivity index (χ4n) is 4.09. The van der Waals surface area contributed by atoms with E-state index in [9.17, 15) is 14.0 Å². The number of halogens is 1. The lowest BCUT2D eigenvalue weighted by Gasteiger charge is -2.28. The molecule has 4 aromatic heterocycles. The Balaban J connectivity index is 1.45. The number of nitrogens with two attached hydrogens (primary N) is 1. The first-order chi connectivity index (χ1) is 16.9. The lowest BCUT2D eigenvalue weighted by molar-refractivity contribution is -0.145. The van der Waals surface area contributed by atoms with Gasteiger partial charge < -0.3 is 20.7 Å². The molecule has 11 heteroatoms. The summed E-state index contributed by atoms with van der Waals surface area (Å²) >= 11 is 0. The first-order valence-corrected chi connectivity index (χ1v) is 10.9. The quantitative estimate of drug-likeness (QED) is 0.425. The van der Waals surface area contributed by atoms with E-state index in [1.54, 1.807) is 23.8 Å². The molecule has 0 spiro atoms. The number of nitrogens with one attached hydrogen (secondary N) is 1. The summed E-state index contributed by atoms with van der Waals surface area (Å²) in [6, 6.07) is 7.41.